The van der Waals surface area contributed by atoms with Crippen molar-refractivity contribution in [3.8, 4) is 0 Å². The van der Waals surface area contributed by atoms with Crippen LogP contribution in [-0.4, -0.2) is 19.7 Å². The summed E-state index contributed by atoms with van der Waals surface area (Å²) in [5.41, 5.74) is 2.86. The molecule has 1 saturated carbocycles. The highest BCUT2D eigenvalue weighted by molar-refractivity contribution is 5.49. The molecule has 0 saturated heterocycles. The molecular weight excluding hydrogens is 212 g/mol. The SMILES string of the molecule is CCN(CC)c1ccc(C2(CON)CC2)cc1. The molecule has 1 aromatic rings. The van der Waals surface area contributed by atoms with Crippen molar-refractivity contribution in [3.05, 3.63) is 29.8 Å². The summed E-state index contributed by atoms with van der Waals surface area (Å²) in [7, 11) is 0. The van der Waals surface area contributed by atoms with E-state index in [2.05, 4.69) is 43.0 Å². The van der Waals surface area contributed by atoms with Crippen LogP contribution in [0.3, 0.4) is 0 Å². The van der Waals surface area contributed by atoms with Gasteiger partial charge in [0.15, 0.2) is 0 Å². The second-order valence-electron chi connectivity index (χ2n) is 4.81. The Bertz CT molecular complexity index is 353. The van der Waals surface area contributed by atoms with Crippen LogP contribution >= 0.6 is 0 Å². The Balaban J connectivity index is 2.13. The minimum atomic E-state index is 0.205. The Hall–Kier alpha value is -1.06. The topological polar surface area (TPSA) is 38.5 Å². The maximum atomic E-state index is 5.20. The highest BCUT2D eigenvalue weighted by Gasteiger charge is 2.44. The fourth-order valence-corrected chi connectivity index (χ4v) is 2.44. The summed E-state index contributed by atoms with van der Waals surface area (Å²) in [6.07, 6.45) is 2.38. The molecular formula is C14H22N2O. The molecule has 0 radical (unpaired) electrons. The zero-order valence-electron chi connectivity index (χ0n) is 10.8. The predicted octanol–water partition coefficient (Wildman–Crippen LogP) is 2.45. The average Bonchev–Trinajstić information content (AvgIpc) is 3.13. The van der Waals surface area contributed by atoms with Crippen LogP contribution in [0.15, 0.2) is 24.3 Å². The Morgan fingerprint density at radius 2 is 1.76 bits per heavy atom. The third-order valence-corrected chi connectivity index (χ3v) is 3.82. The summed E-state index contributed by atoms with van der Waals surface area (Å²) in [6.45, 7) is 7.10. The van der Waals surface area contributed by atoms with Crippen molar-refractivity contribution in [1.82, 2.24) is 0 Å². The van der Waals surface area contributed by atoms with Gasteiger partial charge >= 0.3 is 0 Å². The van der Waals surface area contributed by atoms with Gasteiger partial charge in [-0.2, -0.15) is 0 Å². The van der Waals surface area contributed by atoms with E-state index >= 15 is 0 Å². The fourth-order valence-electron chi connectivity index (χ4n) is 2.44. The van der Waals surface area contributed by atoms with Crippen LogP contribution < -0.4 is 10.8 Å². The van der Waals surface area contributed by atoms with Crippen molar-refractivity contribution >= 4 is 5.69 Å². The molecule has 3 heteroatoms. The minimum Gasteiger partial charge on any atom is -0.372 e. The molecule has 2 rings (SSSR count). The fraction of sp³-hybridized carbons (Fsp3) is 0.571. The molecule has 94 valence electrons. The molecule has 1 aliphatic carbocycles. The largest absolute Gasteiger partial charge is 0.372 e. The van der Waals surface area contributed by atoms with Crippen molar-refractivity contribution in [2.24, 2.45) is 5.90 Å². The van der Waals surface area contributed by atoms with Gasteiger partial charge in [0.2, 0.25) is 0 Å². The first-order valence-corrected chi connectivity index (χ1v) is 6.43. The van der Waals surface area contributed by atoms with Crippen LogP contribution in [0, 0.1) is 0 Å². The van der Waals surface area contributed by atoms with Gasteiger partial charge in [0.05, 0.1) is 6.61 Å². The lowest BCUT2D eigenvalue weighted by molar-refractivity contribution is 0.116. The zero-order valence-corrected chi connectivity index (χ0v) is 10.8. The maximum absolute atomic E-state index is 5.20. The molecule has 0 aromatic heterocycles. The first-order chi connectivity index (χ1) is 8.25. The molecule has 3 nitrogen and oxygen atoms in total. The molecule has 0 amide bonds. The lowest BCUT2D eigenvalue weighted by Crippen LogP contribution is -2.22. The van der Waals surface area contributed by atoms with E-state index in [1.807, 2.05) is 0 Å². The highest BCUT2D eigenvalue weighted by Crippen LogP contribution is 2.48. The van der Waals surface area contributed by atoms with Gasteiger partial charge in [0.1, 0.15) is 0 Å². The number of nitrogens with two attached hydrogens (primary N) is 1. The summed E-state index contributed by atoms with van der Waals surface area (Å²) < 4.78 is 0. The summed E-state index contributed by atoms with van der Waals surface area (Å²) in [5.74, 6) is 5.20. The smallest absolute Gasteiger partial charge is 0.0775 e. The number of nitrogens with zero attached hydrogens (tertiary/aromatic N) is 1. The van der Waals surface area contributed by atoms with Crippen LogP contribution in [0.1, 0.15) is 32.3 Å². The van der Waals surface area contributed by atoms with Crippen molar-refractivity contribution < 1.29 is 4.84 Å². The van der Waals surface area contributed by atoms with Crippen molar-refractivity contribution in [3.63, 3.8) is 0 Å². The van der Waals surface area contributed by atoms with E-state index in [-0.39, 0.29) is 5.41 Å². The van der Waals surface area contributed by atoms with E-state index in [1.165, 1.54) is 24.1 Å². The molecule has 0 heterocycles. The molecule has 0 atom stereocenters. The molecule has 2 N–H and O–H groups in total. The van der Waals surface area contributed by atoms with E-state index in [0.717, 1.165) is 13.1 Å². The number of anilines is 1. The average molecular weight is 234 g/mol. The van der Waals surface area contributed by atoms with Gasteiger partial charge in [-0.25, -0.2) is 5.90 Å². The first kappa shape index (κ1) is 12.4. The quantitative estimate of drug-likeness (QED) is 0.768. The maximum Gasteiger partial charge on any atom is 0.0775 e. The number of benzene rings is 1. The second kappa shape index (κ2) is 5.07. The Morgan fingerprint density at radius 3 is 2.18 bits per heavy atom. The van der Waals surface area contributed by atoms with E-state index in [9.17, 15) is 0 Å². The van der Waals surface area contributed by atoms with E-state index in [0.29, 0.717) is 6.61 Å². The standard InChI is InChI=1S/C14H22N2O/c1-3-16(4-2)13-7-5-12(6-8-13)14(9-10-14)11-17-15/h5-8H,3-4,9-11,15H2,1-2H3. The van der Waals surface area contributed by atoms with Crippen LogP contribution in [0.5, 0.6) is 0 Å². The van der Waals surface area contributed by atoms with E-state index in [1.54, 1.807) is 0 Å². The van der Waals surface area contributed by atoms with Gasteiger partial charge in [-0.15, -0.1) is 0 Å². The van der Waals surface area contributed by atoms with Gasteiger partial charge in [0, 0.05) is 24.2 Å². The van der Waals surface area contributed by atoms with Gasteiger partial charge in [-0.05, 0) is 44.4 Å². The highest BCUT2D eigenvalue weighted by atomic mass is 16.6. The zero-order chi connectivity index (χ0) is 12.3. The third kappa shape index (κ3) is 2.45. The lowest BCUT2D eigenvalue weighted by atomic mass is 9.97. The van der Waals surface area contributed by atoms with E-state index < -0.39 is 0 Å². The molecule has 17 heavy (non-hydrogen) atoms. The normalized spacial score (nSPS) is 16.9. The predicted molar refractivity (Wildman–Crippen MR) is 71.1 cm³/mol. The van der Waals surface area contributed by atoms with Gasteiger partial charge in [-0.3, -0.25) is 0 Å². The number of hydrogen-bond donors (Lipinski definition) is 1. The minimum absolute atomic E-state index is 0.205. The molecule has 0 bridgehead atoms. The number of hydrogen-bond acceptors (Lipinski definition) is 3. The molecule has 0 aliphatic heterocycles. The monoisotopic (exact) mass is 234 g/mol. The Morgan fingerprint density at radius 1 is 1.18 bits per heavy atom. The van der Waals surface area contributed by atoms with Gasteiger partial charge in [-0.1, -0.05) is 12.1 Å². The van der Waals surface area contributed by atoms with Gasteiger partial charge < -0.3 is 9.74 Å². The Labute approximate surface area is 104 Å². The number of rotatable bonds is 6. The van der Waals surface area contributed by atoms with Crippen molar-refractivity contribution in [1.29, 1.82) is 0 Å². The second-order valence-corrected chi connectivity index (χ2v) is 4.81. The van der Waals surface area contributed by atoms with Crippen LogP contribution in [0.25, 0.3) is 0 Å². The van der Waals surface area contributed by atoms with Gasteiger partial charge in [0.25, 0.3) is 0 Å². The van der Waals surface area contributed by atoms with Crippen molar-refractivity contribution in [2.45, 2.75) is 32.1 Å². The summed E-state index contributed by atoms with van der Waals surface area (Å²) in [6, 6.07) is 8.86. The molecule has 0 unspecified atom stereocenters. The Kier molecular flexibility index (Phi) is 3.69. The molecule has 1 fully saturated rings. The summed E-state index contributed by atoms with van der Waals surface area (Å²) >= 11 is 0. The lowest BCUT2D eigenvalue weighted by Gasteiger charge is -2.22. The molecule has 1 aromatic carbocycles. The first-order valence-electron chi connectivity index (χ1n) is 6.43. The molecule has 0 spiro atoms. The van der Waals surface area contributed by atoms with Crippen molar-refractivity contribution in [2.75, 3.05) is 24.6 Å². The van der Waals surface area contributed by atoms with Crippen LogP contribution in [0.2, 0.25) is 0 Å². The van der Waals surface area contributed by atoms with Crippen LogP contribution in [0.4, 0.5) is 5.69 Å². The summed E-state index contributed by atoms with van der Waals surface area (Å²) in [4.78, 5) is 7.18. The van der Waals surface area contributed by atoms with E-state index in [4.69, 9.17) is 10.7 Å². The molecule has 1 aliphatic rings. The third-order valence-electron chi connectivity index (χ3n) is 3.82. The summed E-state index contributed by atoms with van der Waals surface area (Å²) in [5, 5.41) is 0. The van der Waals surface area contributed by atoms with Crippen LogP contribution in [-0.2, 0) is 10.3 Å².